The Balaban J connectivity index is 1.82. The van der Waals surface area contributed by atoms with Crippen LogP contribution in [0.2, 0.25) is 0 Å². The van der Waals surface area contributed by atoms with Crippen LogP contribution in [0.4, 0.5) is 0 Å². The Bertz CT molecular complexity index is 420. The Hall–Kier alpha value is -1.32. The van der Waals surface area contributed by atoms with Crippen LogP contribution in [-0.4, -0.2) is 36.4 Å². The van der Waals surface area contributed by atoms with Gasteiger partial charge in [0.05, 0.1) is 19.0 Å². The topological polar surface area (TPSA) is 44.7 Å². The lowest BCUT2D eigenvalue weighted by molar-refractivity contribution is -0.122. The zero-order chi connectivity index (χ0) is 19.6. The fourth-order valence-electron chi connectivity index (χ4n) is 3.43. The summed E-state index contributed by atoms with van der Waals surface area (Å²) in [5, 5.41) is 3.06. The molecular formula is C23H43N3O. The Kier molecular flexibility index (Phi) is 14.8. The minimum absolute atomic E-state index is 0.0619. The maximum atomic E-state index is 12.0. The van der Waals surface area contributed by atoms with Crippen LogP contribution < -0.4 is 5.32 Å². The molecule has 1 heterocycles. The van der Waals surface area contributed by atoms with Crippen LogP contribution in [0.5, 0.6) is 0 Å². The van der Waals surface area contributed by atoms with E-state index in [0.717, 1.165) is 25.9 Å². The molecule has 0 saturated carbocycles. The number of unbranched alkanes of at least 4 members (excludes halogenated alkanes) is 11. The van der Waals surface area contributed by atoms with E-state index in [4.69, 9.17) is 0 Å². The Morgan fingerprint density at radius 2 is 1.59 bits per heavy atom. The van der Waals surface area contributed by atoms with Crippen molar-refractivity contribution in [3.63, 3.8) is 0 Å². The first-order valence-corrected chi connectivity index (χ1v) is 11.4. The molecule has 0 spiro atoms. The molecule has 4 nitrogen and oxygen atoms in total. The monoisotopic (exact) mass is 377 g/mol. The summed E-state index contributed by atoms with van der Waals surface area (Å²) < 4.78 is 0. The van der Waals surface area contributed by atoms with Gasteiger partial charge in [-0.3, -0.25) is 9.79 Å². The van der Waals surface area contributed by atoms with Crippen LogP contribution in [0.15, 0.2) is 17.1 Å². The fraction of sp³-hybridized carbons (Fsp3) is 0.826. The maximum Gasteiger partial charge on any atom is 0.221 e. The first kappa shape index (κ1) is 23.7. The highest BCUT2D eigenvalue weighted by atomic mass is 16.1. The van der Waals surface area contributed by atoms with Crippen molar-refractivity contribution in [1.82, 2.24) is 10.2 Å². The number of hydrogen-bond acceptors (Lipinski definition) is 3. The summed E-state index contributed by atoms with van der Waals surface area (Å²) in [6.45, 7) is 6.05. The molecule has 0 bridgehead atoms. The third kappa shape index (κ3) is 13.5. The number of nitrogens with zero attached hydrogens (tertiary/aromatic N) is 2. The molecule has 1 aliphatic heterocycles. The highest BCUT2D eigenvalue weighted by Gasteiger charge is 2.15. The van der Waals surface area contributed by atoms with E-state index in [2.05, 4.69) is 34.3 Å². The fourth-order valence-corrected chi connectivity index (χ4v) is 3.43. The van der Waals surface area contributed by atoms with E-state index in [1.807, 2.05) is 13.3 Å². The van der Waals surface area contributed by atoms with Crippen LogP contribution in [0.3, 0.4) is 0 Å². The Morgan fingerprint density at radius 1 is 1.00 bits per heavy atom. The number of rotatable bonds is 17. The maximum absolute atomic E-state index is 12.0. The summed E-state index contributed by atoms with van der Waals surface area (Å²) in [6.07, 6.45) is 24.0. The molecular weight excluding hydrogens is 334 g/mol. The highest BCUT2D eigenvalue weighted by molar-refractivity contribution is 5.76. The van der Waals surface area contributed by atoms with E-state index in [0.29, 0.717) is 6.42 Å². The molecule has 0 aromatic carbocycles. The predicted molar refractivity (Wildman–Crippen MR) is 117 cm³/mol. The van der Waals surface area contributed by atoms with Gasteiger partial charge in [0.15, 0.2) is 0 Å². The minimum Gasteiger partial charge on any atom is -0.341 e. The Labute approximate surface area is 167 Å². The van der Waals surface area contributed by atoms with Crippen LogP contribution in [-0.2, 0) is 4.79 Å². The number of carbonyl (C=O) groups is 1. The molecule has 1 N–H and O–H groups in total. The lowest BCUT2D eigenvalue weighted by Crippen LogP contribution is -2.44. The molecule has 1 aliphatic rings. The lowest BCUT2D eigenvalue weighted by atomic mass is 10.1. The zero-order valence-electron chi connectivity index (χ0n) is 17.9. The molecule has 27 heavy (non-hydrogen) atoms. The van der Waals surface area contributed by atoms with Gasteiger partial charge < -0.3 is 10.2 Å². The number of carbonyl (C=O) groups excluding carboxylic acids is 1. The van der Waals surface area contributed by atoms with E-state index in [1.54, 1.807) is 0 Å². The summed E-state index contributed by atoms with van der Waals surface area (Å²) >= 11 is 0. The van der Waals surface area contributed by atoms with Gasteiger partial charge in [-0.1, -0.05) is 70.4 Å². The number of hydrogen-bond donors (Lipinski definition) is 1. The van der Waals surface area contributed by atoms with Crippen molar-refractivity contribution in [2.45, 2.75) is 110 Å². The number of allylic oxidation sites excluding steroid dienone is 2. The van der Waals surface area contributed by atoms with Gasteiger partial charge in [-0.25, -0.2) is 0 Å². The normalized spacial score (nSPS) is 15.0. The second-order valence-corrected chi connectivity index (χ2v) is 7.84. The van der Waals surface area contributed by atoms with Crippen molar-refractivity contribution in [2.24, 2.45) is 4.99 Å². The molecule has 1 atom stereocenters. The minimum atomic E-state index is 0.0619. The SMILES string of the molecule is CCCCCCCCC=CCCCCCCCC(=O)NC(C)N1C=NCC1. The van der Waals surface area contributed by atoms with E-state index in [9.17, 15) is 4.79 Å². The molecule has 1 rings (SSSR count). The van der Waals surface area contributed by atoms with E-state index in [1.165, 1.54) is 70.6 Å². The second kappa shape index (κ2) is 16.8. The number of amides is 1. The first-order valence-electron chi connectivity index (χ1n) is 11.4. The average molecular weight is 378 g/mol. The summed E-state index contributed by atoms with van der Waals surface area (Å²) in [5.74, 6) is 0.167. The van der Waals surface area contributed by atoms with E-state index in [-0.39, 0.29) is 12.1 Å². The van der Waals surface area contributed by atoms with Crippen LogP contribution in [0.25, 0.3) is 0 Å². The summed E-state index contributed by atoms with van der Waals surface area (Å²) in [7, 11) is 0. The van der Waals surface area contributed by atoms with Crippen LogP contribution in [0.1, 0.15) is 104 Å². The van der Waals surface area contributed by atoms with E-state index < -0.39 is 0 Å². The van der Waals surface area contributed by atoms with Gasteiger partial charge in [-0.15, -0.1) is 0 Å². The average Bonchev–Trinajstić information content (AvgIpc) is 3.20. The molecule has 0 aromatic rings. The highest BCUT2D eigenvalue weighted by Crippen LogP contribution is 2.10. The van der Waals surface area contributed by atoms with Crippen molar-refractivity contribution < 1.29 is 4.79 Å². The van der Waals surface area contributed by atoms with Crippen LogP contribution >= 0.6 is 0 Å². The van der Waals surface area contributed by atoms with Crippen molar-refractivity contribution in [1.29, 1.82) is 0 Å². The zero-order valence-corrected chi connectivity index (χ0v) is 17.9. The molecule has 0 aromatic heterocycles. The predicted octanol–water partition coefficient (Wildman–Crippen LogP) is 5.83. The summed E-state index contributed by atoms with van der Waals surface area (Å²) in [5.41, 5.74) is 0. The quantitative estimate of drug-likeness (QED) is 0.256. The largest absolute Gasteiger partial charge is 0.341 e. The number of aliphatic imine (C=N–C) groups is 1. The van der Waals surface area contributed by atoms with Crippen molar-refractivity contribution in [3.05, 3.63) is 12.2 Å². The molecule has 0 aliphatic carbocycles. The molecule has 0 radical (unpaired) electrons. The first-order chi connectivity index (χ1) is 13.2. The molecule has 4 heteroatoms. The Morgan fingerprint density at radius 3 is 2.19 bits per heavy atom. The molecule has 1 amide bonds. The van der Waals surface area contributed by atoms with Crippen molar-refractivity contribution in [3.8, 4) is 0 Å². The summed E-state index contributed by atoms with van der Waals surface area (Å²) in [6, 6.07) is 0. The third-order valence-electron chi connectivity index (χ3n) is 5.25. The van der Waals surface area contributed by atoms with Gasteiger partial charge in [-0.05, 0) is 39.0 Å². The molecule has 0 saturated heterocycles. The van der Waals surface area contributed by atoms with E-state index >= 15 is 0 Å². The standard InChI is InChI=1S/C23H43N3O/c1-3-4-5-6-7-8-9-10-11-12-13-14-15-16-17-18-23(27)25-22(2)26-20-19-24-21-26/h10-11,21-22H,3-9,12-20H2,1-2H3,(H,25,27). The molecule has 0 fully saturated rings. The van der Waals surface area contributed by atoms with Gasteiger partial charge in [0.1, 0.15) is 0 Å². The number of nitrogens with one attached hydrogen (secondary N) is 1. The smallest absolute Gasteiger partial charge is 0.221 e. The van der Waals surface area contributed by atoms with Crippen molar-refractivity contribution >= 4 is 12.2 Å². The van der Waals surface area contributed by atoms with Crippen molar-refractivity contribution in [2.75, 3.05) is 13.1 Å². The van der Waals surface area contributed by atoms with Crippen LogP contribution in [0, 0.1) is 0 Å². The molecule has 156 valence electrons. The van der Waals surface area contributed by atoms with Gasteiger partial charge in [-0.2, -0.15) is 0 Å². The lowest BCUT2D eigenvalue weighted by Gasteiger charge is -2.23. The van der Waals surface area contributed by atoms with Gasteiger partial charge >= 0.3 is 0 Å². The van der Waals surface area contributed by atoms with Gasteiger partial charge in [0.2, 0.25) is 5.91 Å². The summed E-state index contributed by atoms with van der Waals surface area (Å²) in [4.78, 5) is 18.2. The van der Waals surface area contributed by atoms with Gasteiger partial charge in [0.25, 0.3) is 0 Å². The second-order valence-electron chi connectivity index (χ2n) is 7.84. The molecule has 1 unspecified atom stereocenters. The third-order valence-corrected chi connectivity index (χ3v) is 5.25. The van der Waals surface area contributed by atoms with Gasteiger partial charge in [0, 0.05) is 13.0 Å².